The summed E-state index contributed by atoms with van der Waals surface area (Å²) in [6.07, 6.45) is 5.12. The predicted octanol–water partition coefficient (Wildman–Crippen LogP) is 4.14. The summed E-state index contributed by atoms with van der Waals surface area (Å²) < 4.78 is 0. The van der Waals surface area contributed by atoms with Crippen molar-refractivity contribution in [2.45, 2.75) is 39.5 Å². The van der Waals surface area contributed by atoms with Crippen LogP contribution in [-0.2, 0) is 0 Å². The van der Waals surface area contributed by atoms with Crippen molar-refractivity contribution in [1.82, 2.24) is 0 Å². The van der Waals surface area contributed by atoms with Crippen LogP contribution in [0.3, 0.4) is 0 Å². The Bertz CT molecular complexity index is 459. The highest BCUT2D eigenvalue weighted by atomic mass is 16.6. The zero-order valence-corrected chi connectivity index (χ0v) is 11.7. The van der Waals surface area contributed by atoms with Crippen LogP contribution in [0, 0.1) is 28.9 Å². The Hall–Kier alpha value is -1.58. The predicted molar refractivity (Wildman–Crippen MR) is 77.4 cm³/mol. The molecule has 1 aliphatic carbocycles. The first-order chi connectivity index (χ1) is 9.08. The molecule has 0 amide bonds. The van der Waals surface area contributed by atoms with Gasteiger partial charge in [0.2, 0.25) is 0 Å². The Balaban J connectivity index is 2.04. The summed E-state index contributed by atoms with van der Waals surface area (Å²) in [4.78, 5) is 10.7. The van der Waals surface area contributed by atoms with Gasteiger partial charge in [-0.25, -0.2) is 0 Å². The molecule has 0 heterocycles. The highest BCUT2D eigenvalue weighted by Crippen LogP contribution is 2.31. The summed E-state index contributed by atoms with van der Waals surface area (Å²) in [7, 11) is 0. The van der Waals surface area contributed by atoms with E-state index in [2.05, 4.69) is 12.2 Å². The molecule has 1 aliphatic rings. The van der Waals surface area contributed by atoms with Crippen molar-refractivity contribution in [3.63, 3.8) is 0 Å². The summed E-state index contributed by atoms with van der Waals surface area (Å²) in [6.45, 7) is 5.00. The molecule has 0 aliphatic heterocycles. The number of rotatable bonds is 4. The maximum Gasteiger partial charge on any atom is 0.292 e. The maximum absolute atomic E-state index is 11.1. The first kappa shape index (κ1) is 13.8. The molecule has 0 aromatic heterocycles. The van der Waals surface area contributed by atoms with E-state index in [-0.39, 0.29) is 10.6 Å². The first-order valence-corrected chi connectivity index (χ1v) is 7.07. The van der Waals surface area contributed by atoms with Crippen LogP contribution in [0.5, 0.6) is 0 Å². The summed E-state index contributed by atoms with van der Waals surface area (Å²) in [6, 6.07) is 5.37. The minimum Gasteiger partial charge on any atom is -0.379 e. The van der Waals surface area contributed by atoms with Crippen molar-refractivity contribution in [2.24, 2.45) is 11.8 Å². The molecule has 0 spiro atoms. The monoisotopic (exact) mass is 262 g/mol. The number of anilines is 1. The molecule has 104 valence electrons. The third-order valence-electron chi connectivity index (χ3n) is 4.19. The Labute approximate surface area is 114 Å². The lowest BCUT2D eigenvalue weighted by Crippen LogP contribution is -2.24. The third kappa shape index (κ3) is 3.46. The zero-order valence-electron chi connectivity index (χ0n) is 11.7. The van der Waals surface area contributed by atoms with Gasteiger partial charge in [-0.05, 0) is 36.8 Å². The molecule has 1 aromatic carbocycles. The molecule has 4 heteroatoms. The Kier molecular flexibility index (Phi) is 4.40. The molecule has 4 nitrogen and oxygen atoms in total. The standard InChI is InChI=1S/C15H22N2O2/c1-11-7-8-14(15(9-11)17(18)19)16-10-13-6-4-3-5-12(13)2/h7-9,12-13,16H,3-6,10H2,1-2H3. The second kappa shape index (κ2) is 6.04. The van der Waals surface area contributed by atoms with Crippen LogP contribution in [0.2, 0.25) is 0 Å². The Morgan fingerprint density at radius 2 is 2.11 bits per heavy atom. The molecule has 1 fully saturated rings. The lowest BCUT2D eigenvalue weighted by atomic mass is 9.80. The van der Waals surface area contributed by atoms with E-state index >= 15 is 0 Å². The van der Waals surface area contributed by atoms with Gasteiger partial charge in [0.1, 0.15) is 5.69 Å². The van der Waals surface area contributed by atoms with Gasteiger partial charge in [0.15, 0.2) is 0 Å². The fourth-order valence-corrected chi connectivity index (χ4v) is 2.88. The maximum atomic E-state index is 11.1. The highest BCUT2D eigenvalue weighted by molar-refractivity contribution is 5.62. The second-order valence-electron chi connectivity index (χ2n) is 5.68. The van der Waals surface area contributed by atoms with E-state index in [1.165, 1.54) is 25.7 Å². The minimum absolute atomic E-state index is 0.184. The van der Waals surface area contributed by atoms with Gasteiger partial charge in [-0.3, -0.25) is 10.1 Å². The summed E-state index contributed by atoms with van der Waals surface area (Å²) in [5, 5.41) is 14.3. The van der Waals surface area contributed by atoms with Gasteiger partial charge in [-0.2, -0.15) is 0 Å². The van der Waals surface area contributed by atoms with E-state index in [1.807, 2.05) is 19.1 Å². The second-order valence-corrected chi connectivity index (χ2v) is 5.68. The molecule has 2 unspecified atom stereocenters. The summed E-state index contributed by atoms with van der Waals surface area (Å²) >= 11 is 0. The lowest BCUT2D eigenvalue weighted by molar-refractivity contribution is -0.384. The number of nitro benzene ring substituents is 1. The minimum atomic E-state index is -0.306. The fraction of sp³-hybridized carbons (Fsp3) is 0.600. The average molecular weight is 262 g/mol. The number of nitrogens with zero attached hydrogens (tertiary/aromatic N) is 1. The van der Waals surface area contributed by atoms with Gasteiger partial charge in [-0.15, -0.1) is 0 Å². The van der Waals surface area contributed by atoms with E-state index in [0.717, 1.165) is 12.1 Å². The van der Waals surface area contributed by atoms with Crippen LogP contribution in [0.25, 0.3) is 0 Å². The van der Waals surface area contributed by atoms with Crippen molar-refractivity contribution >= 4 is 11.4 Å². The molecular weight excluding hydrogens is 240 g/mol. The van der Waals surface area contributed by atoms with Crippen molar-refractivity contribution in [3.8, 4) is 0 Å². The third-order valence-corrected chi connectivity index (χ3v) is 4.19. The number of hydrogen-bond donors (Lipinski definition) is 1. The normalized spacial score (nSPS) is 23.1. The van der Waals surface area contributed by atoms with Gasteiger partial charge >= 0.3 is 0 Å². The van der Waals surface area contributed by atoms with Crippen LogP contribution in [0.15, 0.2) is 18.2 Å². The van der Waals surface area contributed by atoms with Gasteiger partial charge in [-0.1, -0.05) is 32.3 Å². The van der Waals surface area contributed by atoms with Gasteiger partial charge in [0, 0.05) is 12.6 Å². The number of hydrogen-bond acceptors (Lipinski definition) is 3. The van der Waals surface area contributed by atoms with Crippen molar-refractivity contribution in [1.29, 1.82) is 0 Å². The first-order valence-electron chi connectivity index (χ1n) is 7.07. The van der Waals surface area contributed by atoms with E-state index in [9.17, 15) is 10.1 Å². The van der Waals surface area contributed by atoms with Gasteiger partial charge in [0.25, 0.3) is 5.69 Å². The lowest BCUT2D eigenvalue weighted by Gasteiger charge is -2.29. The zero-order chi connectivity index (χ0) is 13.8. The summed E-state index contributed by atoms with van der Waals surface area (Å²) in [5.41, 5.74) is 1.75. The van der Waals surface area contributed by atoms with Crippen LogP contribution in [-0.4, -0.2) is 11.5 Å². The molecule has 1 saturated carbocycles. The quantitative estimate of drug-likeness (QED) is 0.655. The molecule has 0 bridgehead atoms. The average Bonchev–Trinajstić information content (AvgIpc) is 2.38. The molecule has 2 atom stereocenters. The molecule has 2 rings (SSSR count). The van der Waals surface area contributed by atoms with E-state index in [4.69, 9.17) is 0 Å². The molecule has 0 saturated heterocycles. The molecule has 0 radical (unpaired) electrons. The highest BCUT2D eigenvalue weighted by Gasteiger charge is 2.22. The van der Waals surface area contributed by atoms with E-state index < -0.39 is 0 Å². The Morgan fingerprint density at radius 1 is 1.37 bits per heavy atom. The Morgan fingerprint density at radius 3 is 2.79 bits per heavy atom. The van der Waals surface area contributed by atoms with Crippen molar-refractivity contribution in [3.05, 3.63) is 33.9 Å². The summed E-state index contributed by atoms with van der Waals surface area (Å²) in [5.74, 6) is 1.35. The molecule has 1 N–H and O–H groups in total. The number of benzene rings is 1. The van der Waals surface area contributed by atoms with Crippen LogP contribution in [0.4, 0.5) is 11.4 Å². The topological polar surface area (TPSA) is 55.2 Å². The molecular formula is C15H22N2O2. The van der Waals surface area contributed by atoms with Crippen molar-refractivity contribution < 1.29 is 4.92 Å². The van der Waals surface area contributed by atoms with Gasteiger partial charge < -0.3 is 5.32 Å². The number of aryl methyl sites for hydroxylation is 1. The van der Waals surface area contributed by atoms with Crippen LogP contribution < -0.4 is 5.32 Å². The SMILES string of the molecule is Cc1ccc(NCC2CCCCC2C)c([N+](=O)[O-])c1. The van der Waals surface area contributed by atoms with Crippen molar-refractivity contribution in [2.75, 3.05) is 11.9 Å². The van der Waals surface area contributed by atoms with E-state index in [1.54, 1.807) is 6.07 Å². The number of nitrogens with one attached hydrogen (secondary N) is 1. The van der Waals surface area contributed by atoms with Gasteiger partial charge in [0.05, 0.1) is 4.92 Å². The van der Waals surface area contributed by atoms with Crippen LogP contribution in [0.1, 0.15) is 38.2 Å². The van der Waals surface area contributed by atoms with Crippen LogP contribution >= 0.6 is 0 Å². The molecule has 19 heavy (non-hydrogen) atoms. The number of nitro groups is 1. The largest absolute Gasteiger partial charge is 0.379 e. The van der Waals surface area contributed by atoms with E-state index in [0.29, 0.717) is 17.5 Å². The molecule has 1 aromatic rings. The fourth-order valence-electron chi connectivity index (χ4n) is 2.88. The smallest absolute Gasteiger partial charge is 0.292 e.